The molecule has 1 aromatic heterocycles. The molecule has 21 heavy (non-hydrogen) atoms. The number of likely N-dealkylation sites (tertiary alicyclic amines) is 1. The molecule has 5 heteroatoms. The van der Waals surface area contributed by atoms with Crippen molar-refractivity contribution >= 4 is 17.2 Å². The Bertz CT molecular complexity index is 558. The van der Waals surface area contributed by atoms with E-state index in [2.05, 4.69) is 28.1 Å². The van der Waals surface area contributed by atoms with Crippen LogP contribution >= 0.6 is 11.3 Å². The van der Waals surface area contributed by atoms with E-state index in [0.717, 1.165) is 31.6 Å². The van der Waals surface area contributed by atoms with Gasteiger partial charge in [0.2, 0.25) is 5.91 Å². The van der Waals surface area contributed by atoms with Gasteiger partial charge in [0.05, 0.1) is 12.0 Å². The summed E-state index contributed by atoms with van der Waals surface area (Å²) >= 11 is 1.70. The Labute approximate surface area is 130 Å². The van der Waals surface area contributed by atoms with E-state index < -0.39 is 0 Å². The molecule has 0 aliphatic carbocycles. The smallest absolute Gasteiger partial charge is 0.227 e. The third-order valence-electron chi connectivity index (χ3n) is 3.83. The van der Waals surface area contributed by atoms with Gasteiger partial charge < -0.3 is 10.4 Å². The van der Waals surface area contributed by atoms with E-state index in [1.165, 1.54) is 4.88 Å². The van der Waals surface area contributed by atoms with Crippen LogP contribution in [-0.4, -0.2) is 42.7 Å². The molecule has 114 valence electrons. The van der Waals surface area contributed by atoms with Crippen molar-refractivity contribution in [2.75, 3.05) is 26.7 Å². The number of nitrogens with one attached hydrogen (secondary N) is 1. The molecular weight excluding hydrogens is 284 g/mol. The van der Waals surface area contributed by atoms with Gasteiger partial charge in [-0.05, 0) is 26.0 Å². The minimum absolute atomic E-state index is 0.107. The summed E-state index contributed by atoms with van der Waals surface area (Å²) < 4.78 is 0. The second-order valence-corrected chi connectivity index (χ2v) is 6.67. The molecule has 1 fully saturated rings. The molecule has 2 rings (SSSR count). The van der Waals surface area contributed by atoms with E-state index in [9.17, 15) is 4.79 Å². The fourth-order valence-corrected chi connectivity index (χ4v) is 3.51. The summed E-state index contributed by atoms with van der Waals surface area (Å²) in [4.78, 5) is 15.5. The van der Waals surface area contributed by atoms with Gasteiger partial charge in [0.25, 0.3) is 0 Å². The van der Waals surface area contributed by atoms with Crippen LogP contribution in [0.2, 0.25) is 0 Å². The van der Waals surface area contributed by atoms with Crippen molar-refractivity contribution in [3.05, 3.63) is 21.9 Å². The summed E-state index contributed by atoms with van der Waals surface area (Å²) in [5.74, 6) is 6.12. The van der Waals surface area contributed by atoms with Crippen molar-refractivity contribution in [3.8, 4) is 11.8 Å². The highest BCUT2D eigenvalue weighted by atomic mass is 32.1. The Morgan fingerprint density at radius 3 is 3.14 bits per heavy atom. The molecular formula is C16H22N2O2S. The molecule has 1 saturated heterocycles. The lowest BCUT2D eigenvalue weighted by atomic mass is 9.89. The van der Waals surface area contributed by atoms with Gasteiger partial charge in [0, 0.05) is 42.4 Å². The van der Waals surface area contributed by atoms with Crippen LogP contribution in [-0.2, 0) is 11.3 Å². The predicted molar refractivity (Wildman–Crippen MR) is 85.0 cm³/mol. The van der Waals surface area contributed by atoms with Crippen LogP contribution in [0.5, 0.6) is 0 Å². The van der Waals surface area contributed by atoms with E-state index in [1.807, 2.05) is 12.3 Å². The van der Waals surface area contributed by atoms with E-state index in [4.69, 9.17) is 5.11 Å². The fraction of sp³-hybridized carbons (Fsp3) is 0.562. The number of carbonyl (C=O) groups is 1. The molecule has 0 radical (unpaired) electrons. The quantitative estimate of drug-likeness (QED) is 0.828. The fourth-order valence-electron chi connectivity index (χ4n) is 2.65. The largest absolute Gasteiger partial charge is 0.395 e. The predicted octanol–water partition coefficient (Wildman–Crippen LogP) is 1.44. The molecule has 1 aliphatic rings. The van der Waals surface area contributed by atoms with Gasteiger partial charge in [-0.15, -0.1) is 11.3 Å². The van der Waals surface area contributed by atoms with Gasteiger partial charge in [-0.3, -0.25) is 9.69 Å². The first-order valence-electron chi connectivity index (χ1n) is 7.19. The second kappa shape index (κ2) is 7.08. The summed E-state index contributed by atoms with van der Waals surface area (Å²) in [6.07, 6.45) is 1.42. The molecule has 1 amide bonds. The summed E-state index contributed by atoms with van der Waals surface area (Å²) in [7, 11) is 1.70. The zero-order valence-corrected chi connectivity index (χ0v) is 13.4. The summed E-state index contributed by atoms with van der Waals surface area (Å²) in [6, 6.07) is 2.10. The number of aliphatic hydroxyl groups is 1. The van der Waals surface area contributed by atoms with E-state index in [1.54, 1.807) is 18.4 Å². The number of thiophene rings is 1. The highest BCUT2D eigenvalue weighted by molar-refractivity contribution is 7.10. The summed E-state index contributed by atoms with van der Waals surface area (Å²) in [6.45, 7) is 4.77. The monoisotopic (exact) mass is 306 g/mol. The first-order valence-corrected chi connectivity index (χ1v) is 8.07. The van der Waals surface area contributed by atoms with Gasteiger partial charge in [-0.2, -0.15) is 0 Å². The standard InChI is InChI=1S/C16H22N2O2S/c1-16(15(20)17-2)6-7-18(12-16)10-14-9-13(11-21-14)5-3-4-8-19/h9,11,19H,4,6-8,10,12H2,1-2H3,(H,17,20). The molecule has 1 unspecified atom stereocenters. The SMILES string of the molecule is CNC(=O)C1(C)CCN(Cc2cc(C#CCCO)cs2)C1. The van der Waals surface area contributed by atoms with Crippen molar-refractivity contribution < 1.29 is 9.90 Å². The number of amides is 1. The van der Waals surface area contributed by atoms with Gasteiger partial charge in [0.1, 0.15) is 0 Å². The summed E-state index contributed by atoms with van der Waals surface area (Å²) in [5.41, 5.74) is 0.743. The normalized spacial score (nSPS) is 21.9. The average molecular weight is 306 g/mol. The number of hydrogen-bond donors (Lipinski definition) is 2. The topological polar surface area (TPSA) is 52.6 Å². The van der Waals surface area contributed by atoms with Gasteiger partial charge >= 0.3 is 0 Å². The first-order chi connectivity index (χ1) is 10.1. The molecule has 1 aromatic rings. The lowest BCUT2D eigenvalue weighted by Crippen LogP contribution is -2.39. The maximum atomic E-state index is 11.9. The Morgan fingerprint density at radius 1 is 1.62 bits per heavy atom. The van der Waals surface area contributed by atoms with Gasteiger partial charge in [-0.1, -0.05) is 11.8 Å². The van der Waals surface area contributed by atoms with Crippen molar-refractivity contribution in [2.24, 2.45) is 5.41 Å². The van der Waals surface area contributed by atoms with Crippen LogP contribution in [0, 0.1) is 17.3 Å². The molecule has 2 N–H and O–H groups in total. The van der Waals surface area contributed by atoms with Gasteiger partial charge in [-0.25, -0.2) is 0 Å². The Balaban J connectivity index is 1.92. The van der Waals surface area contributed by atoms with Gasteiger partial charge in [0.15, 0.2) is 0 Å². The second-order valence-electron chi connectivity index (χ2n) is 5.68. The molecule has 0 saturated carbocycles. The molecule has 0 aromatic carbocycles. The van der Waals surface area contributed by atoms with Crippen molar-refractivity contribution in [2.45, 2.75) is 26.3 Å². The molecule has 0 spiro atoms. The molecule has 1 atom stereocenters. The lowest BCUT2D eigenvalue weighted by molar-refractivity contribution is -0.129. The minimum atomic E-state index is -0.268. The zero-order valence-electron chi connectivity index (χ0n) is 12.6. The first kappa shape index (κ1) is 16.0. The molecule has 2 heterocycles. The Hall–Kier alpha value is -1.35. The summed E-state index contributed by atoms with van der Waals surface area (Å²) in [5, 5.41) is 13.5. The highest BCUT2D eigenvalue weighted by Crippen LogP contribution is 2.31. The lowest BCUT2D eigenvalue weighted by Gasteiger charge is -2.22. The average Bonchev–Trinajstić information content (AvgIpc) is 3.07. The van der Waals surface area contributed by atoms with Crippen LogP contribution in [0.4, 0.5) is 0 Å². The number of rotatable bonds is 4. The molecule has 0 bridgehead atoms. The number of nitrogens with zero attached hydrogens (tertiary/aromatic N) is 1. The van der Waals surface area contributed by atoms with Crippen molar-refractivity contribution in [3.63, 3.8) is 0 Å². The van der Waals surface area contributed by atoms with E-state index in [-0.39, 0.29) is 17.9 Å². The van der Waals surface area contributed by atoms with Crippen LogP contribution in [0.3, 0.4) is 0 Å². The highest BCUT2D eigenvalue weighted by Gasteiger charge is 2.39. The van der Waals surface area contributed by atoms with E-state index >= 15 is 0 Å². The maximum absolute atomic E-state index is 11.9. The van der Waals surface area contributed by atoms with Crippen LogP contribution < -0.4 is 5.32 Å². The van der Waals surface area contributed by atoms with Crippen molar-refractivity contribution in [1.82, 2.24) is 10.2 Å². The van der Waals surface area contributed by atoms with Crippen LogP contribution in [0.15, 0.2) is 11.4 Å². The molecule has 1 aliphatic heterocycles. The minimum Gasteiger partial charge on any atom is -0.395 e. The third-order valence-corrected chi connectivity index (χ3v) is 4.75. The number of hydrogen-bond acceptors (Lipinski definition) is 4. The zero-order chi connectivity index (χ0) is 15.3. The number of carbonyl (C=O) groups excluding carboxylic acids is 1. The van der Waals surface area contributed by atoms with Crippen LogP contribution in [0.1, 0.15) is 30.2 Å². The number of aliphatic hydroxyl groups excluding tert-OH is 1. The Morgan fingerprint density at radius 2 is 2.43 bits per heavy atom. The third kappa shape index (κ3) is 4.07. The van der Waals surface area contributed by atoms with Crippen molar-refractivity contribution in [1.29, 1.82) is 0 Å². The Kier molecular flexibility index (Phi) is 5.40. The molecule has 4 nitrogen and oxygen atoms in total. The van der Waals surface area contributed by atoms with Crippen LogP contribution in [0.25, 0.3) is 0 Å². The maximum Gasteiger partial charge on any atom is 0.227 e. The van der Waals surface area contributed by atoms with E-state index in [0.29, 0.717) is 6.42 Å².